The highest BCUT2D eigenvalue weighted by atomic mass is 35.5. The van der Waals surface area contributed by atoms with Crippen molar-refractivity contribution in [2.24, 2.45) is 5.84 Å². The fourth-order valence-electron chi connectivity index (χ4n) is 2.03. The summed E-state index contributed by atoms with van der Waals surface area (Å²) in [7, 11) is 4.06. The molecular weight excluding hydrogens is 229 g/mol. The fourth-order valence-corrected chi connectivity index (χ4v) is 2.03. The Bertz CT molecular complexity index is 377. The molecule has 0 aliphatic heterocycles. The molecule has 0 radical (unpaired) electrons. The van der Waals surface area contributed by atoms with Gasteiger partial charge in [-0.15, -0.1) is 12.4 Å². The summed E-state index contributed by atoms with van der Waals surface area (Å²) in [6.45, 7) is 0. The minimum absolute atomic E-state index is 0. The number of hydrogen-bond acceptors (Lipinski definition) is 3. The van der Waals surface area contributed by atoms with Crippen LogP contribution >= 0.6 is 12.4 Å². The third-order valence-electron chi connectivity index (χ3n) is 3.24. The summed E-state index contributed by atoms with van der Waals surface area (Å²) in [5.41, 5.74) is 3.76. The largest absolute Gasteiger partial charge is 0.321 e. The number of hydrazine groups is 1. The summed E-state index contributed by atoms with van der Waals surface area (Å²) in [5.74, 6) is 4.90. The molecule has 16 heavy (non-hydrogen) atoms. The van der Waals surface area contributed by atoms with Crippen LogP contribution in [-0.4, -0.2) is 19.0 Å². The van der Waals surface area contributed by atoms with Crippen molar-refractivity contribution in [2.45, 2.75) is 18.4 Å². The van der Waals surface area contributed by atoms with Crippen LogP contribution in [0.2, 0.25) is 0 Å². The first-order valence-electron chi connectivity index (χ1n) is 5.04. The molecule has 0 aromatic heterocycles. The zero-order valence-electron chi connectivity index (χ0n) is 9.46. The maximum absolute atomic E-state index is 13.5. The maximum atomic E-state index is 13.5. The minimum atomic E-state index is -0.289. The highest BCUT2D eigenvalue weighted by Gasteiger charge is 2.46. The Hall–Kier alpha value is -0.840. The van der Waals surface area contributed by atoms with Gasteiger partial charge < -0.3 is 5.43 Å². The van der Waals surface area contributed by atoms with Gasteiger partial charge in [-0.2, -0.15) is 0 Å². The molecule has 0 bridgehead atoms. The molecule has 3 nitrogen and oxygen atoms in total. The number of benzene rings is 1. The molecule has 1 saturated carbocycles. The molecule has 90 valence electrons. The van der Waals surface area contributed by atoms with Crippen molar-refractivity contribution >= 4 is 18.1 Å². The number of nitrogens with one attached hydrogen (secondary N) is 1. The monoisotopic (exact) mass is 245 g/mol. The van der Waals surface area contributed by atoms with E-state index in [1.165, 1.54) is 0 Å². The molecule has 0 unspecified atom stereocenters. The molecule has 1 aromatic rings. The highest BCUT2D eigenvalue weighted by molar-refractivity contribution is 5.85. The molecule has 0 heterocycles. The molecule has 5 heteroatoms. The number of nitrogens with zero attached hydrogens (tertiary/aromatic N) is 1. The summed E-state index contributed by atoms with van der Waals surface area (Å²) in [4.78, 5) is 2.15. The second-order valence-corrected chi connectivity index (χ2v) is 4.26. The van der Waals surface area contributed by atoms with Gasteiger partial charge in [-0.3, -0.25) is 10.7 Å². The second-order valence-electron chi connectivity index (χ2n) is 4.26. The van der Waals surface area contributed by atoms with Crippen LogP contribution in [0.15, 0.2) is 18.2 Å². The van der Waals surface area contributed by atoms with Crippen molar-refractivity contribution in [1.82, 2.24) is 4.90 Å². The standard InChI is InChI=1S/C11H16FN3.ClH/c1-15(2)11(5-6-11)8-3-4-10(14-13)9(12)7-8;/h3-4,7,14H,5-6,13H2,1-2H3;1H. The number of halogens is 2. The lowest BCUT2D eigenvalue weighted by molar-refractivity contribution is 0.275. The molecule has 3 N–H and O–H groups in total. The molecular formula is C11H17ClFN3. The van der Waals surface area contributed by atoms with E-state index in [-0.39, 0.29) is 23.8 Å². The van der Waals surface area contributed by atoms with E-state index in [1.807, 2.05) is 20.2 Å². The molecule has 1 aromatic carbocycles. The topological polar surface area (TPSA) is 41.3 Å². The molecule has 0 saturated heterocycles. The van der Waals surface area contributed by atoms with Gasteiger partial charge >= 0.3 is 0 Å². The zero-order valence-corrected chi connectivity index (χ0v) is 10.3. The first kappa shape index (κ1) is 13.2. The third kappa shape index (κ3) is 2.00. The van der Waals surface area contributed by atoms with E-state index in [0.717, 1.165) is 18.4 Å². The molecule has 1 aliphatic carbocycles. The van der Waals surface area contributed by atoms with E-state index in [1.54, 1.807) is 12.1 Å². The van der Waals surface area contributed by atoms with Gasteiger partial charge in [0.15, 0.2) is 0 Å². The van der Waals surface area contributed by atoms with Crippen LogP contribution in [0.4, 0.5) is 10.1 Å². The molecule has 2 rings (SSSR count). The SMILES string of the molecule is CN(C)C1(c2ccc(NN)c(F)c2)CC1.Cl. The average molecular weight is 246 g/mol. The van der Waals surface area contributed by atoms with Crippen LogP contribution in [0.25, 0.3) is 0 Å². The number of rotatable bonds is 3. The number of nitrogens with two attached hydrogens (primary N) is 1. The normalized spacial score (nSPS) is 16.8. The van der Waals surface area contributed by atoms with Crippen LogP contribution in [-0.2, 0) is 5.54 Å². The van der Waals surface area contributed by atoms with Crippen molar-refractivity contribution in [1.29, 1.82) is 0 Å². The van der Waals surface area contributed by atoms with Crippen LogP contribution in [0, 0.1) is 5.82 Å². The molecule has 0 spiro atoms. The molecule has 0 atom stereocenters. The zero-order chi connectivity index (χ0) is 11.1. The average Bonchev–Trinajstić information content (AvgIpc) is 2.98. The Morgan fingerprint density at radius 2 is 2.00 bits per heavy atom. The fraction of sp³-hybridized carbons (Fsp3) is 0.455. The summed E-state index contributed by atoms with van der Waals surface area (Å²) >= 11 is 0. The van der Waals surface area contributed by atoms with E-state index in [0.29, 0.717) is 5.69 Å². The van der Waals surface area contributed by atoms with E-state index in [4.69, 9.17) is 5.84 Å². The van der Waals surface area contributed by atoms with E-state index in [9.17, 15) is 4.39 Å². The van der Waals surface area contributed by atoms with Gasteiger partial charge in [0.1, 0.15) is 5.82 Å². The van der Waals surface area contributed by atoms with Crippen LogP contribution in [0.3, 0.4) is 0 Å². The third-order valence-corrected chi connectivity index (χ3v) is 3.24. The Kier molecular flexibility index (Phi) is 3.78. The lowest BCUT2D eigenvalue weighted by Crippen LogP contribution is -2.27. The van der Waals surface area contributed by atoms with Crippen LogP contribution in [0.5, 0.6) is 0 Å². The quantitative estimate of drug-likeness (QED) is 0.633. The van der Waals surface area contributed by atoms with Gasteiger partial charge in [0.25, 0.3) is 0 Å². The number of nitrogen functional groups attached to an aromatic ring is 1. The van der Waals surface area contributed by atoms with Gasteiger partial charge in [0.2, 0.25) is 0 Å². The second kappa shape index (κ2) is 4.57. The Morgan fingerprint density at radius 3 is 2.38 bits per heavy atom. The number of anilines is 1. The van der Waals surface area contributed by atoms with Gasteiger partial charge in [-0.1, -0.05) is 6.07 Å². The summed E-state index contributed by atoms with van der Waals surface area (Å²) < 4.78 is 13.5. The lowest BCUT2D eigenvalue weighted by Gasteiger charge is -2.24. The predicted octanol–water partition coefficient (Wildman–Crippen LogP) is 2.08. The van der Waals surface area contributed by atoms with E-state index in [2.05, 4.69) is 10.3 Å². The van der Waals surface area contributed by atoms with Crippen LogP contribution in [0.1, 0.15) is 18.4 Å². The van der Waals surface area contributed by atoms with Gasteiger partial charge in [0, 0.05) is 5.54 Å². The van der Waals surface area contributed by atoms with E-state index < -0.39 is 0 Å². The molecule has 1 fully saturated rings. The first-order chi connectivity index (χ1) is 7.10. The number of hydrogen-bond donors (Lipinski definition) is 2. The predicted molar refractivity (Wildman–Crippen MR) is 66.1 cm³/mol. The van der Waals surface area contributed by atoms with Crippen molar-refractivity contribution in [3.05, 3.63) is 29.6 Å². The Balaban J connectivity index is 0.00000128. The lowest BCUT2D eigenvalue weighted by atomic mass is 10.0. The smallest absolute Gasteiger partial charge is 0.147 e. The van der Waals surface area contributed by atoms with Crippen molar-refractivity contribution in [3.63, 3.8) is 0 Å². The van der Waals surface area contributed by atoms with Crippen molar-refractivity contribution in [2.75, 3.05) is 19.5 Å². The van der Waals surface area contributed by atoms with Crippen molar-refractivity contribution < 1.29 is 4.39 Å². The summed E-state index contributed by atoms with van der Waals surface area (Å²) in [6.07, 6.45) is 2.18. The van der Waals surface area contributed by atoms with E-state index >= 15 is 0 Å². The van der Waals surface area contributed by atoms with Gasteiger partial charge in [0.05, 0.1) is 5.69 Å². The van der Waals surface area contributed by atoms with Gasteiger partial charge in [-0.25, -0.2) is 4.39 Å². The Morgan fingerprint density at radius 1 is 1.38 bits per heavy atom. The first-order valence-corrected chi connectivity index (χ1v) is 5.04. The maximum Gasteiger partial charge on any atom is 0.147 e. The minimum Gasteiger partial charge on any atom is -0.321 e. The highest BCUT2D eigenvalue weighted by Crippen LogP contribution is 2.49. The summed E-state index contributed by atoms with van der Waals surface area (Å²) in [6, 6.07) is 5.20. The Labute approximate surface area is 101 Å². The van der Waals surface area contributed by atoms with Crippen molar-refractivity contribution in [3.8, 4) is 0 Å². The van der Waals surface area contributed by atoms with Crippen LogP contribution < -0.4 is 11.3 Å². The van der Waals surface area contributed by atoms with Gasteiger partial charge in [-0.05, 0) is 44.6 Å². The molecule has 0 amide bonds. The molecule has 1 aliphatic rings. The summed E-state index contributed by atoms with van der Waals surface area (Å²) in [5, 5.41) is 0.